The summed E-state index contributed by atoms with van der Waals surface area (Å²) in [4.78, 5) is 9.75. The zero-order valence-corrected chi connectivity index (χ0v) is 8.69. The molecule has 68 valence electrons. The second kappa shape index (κ2) is 5.54. The zero-order valence-electron chi connectivity index (χ0n) is 5.80. The van der Waals surface area contributed by atoms with Crippen molar-refractivity contribution in [1.29, 1.82) is 0 Å². The first kappa shape index (κ1) is 15.3. The predicted octanol–water partition coefficient (Wildman–Crippen LogP) is -2.06. The number of phosphoric acid groups is 1. The van der Waals surface area contributed by atoms with Crippen LogP contribution in [0.4, 0.5) is 17.7 Å². The largest absolute Gasteiger partial charge is 1.00 e. The van der Waals surface area contributed by atoms with Gasteiger partial charge in [0.05, 0.1) is 0 Å². The molecule has 0 fully saturated rings. The van der Waals surface area contributed by atoms with E-state index in [0.717, 1.165) is 0 Å². The molecule has 0 aliphatic carbocycles. The molecular formula is C2H2F4NaO4P. The molecule has 0 bridgehead atoms. The maximum atomic E-state index is 11.2. The number of rotatable bonds is 3. The predicted molar refractivity (Wildman–Crippen MR) is 21.8 cm³/mol. The molecule has 0 saturated carbocycles. The summed E-state index contributed by atoms with van der Waals surface area (Å²) in [5.74, 6) is 0. The van der Waals surface area contributed by atoms with Crippen molar-refractivity contribution >= 4 is 7.82 Å². The van der Waals surface area contributed by atoms with Gasteiger partial charge < -0.3 is 9.42 Å². The van der Waals surface area contributed by atoms with Crippen molar-refractivity contribution < 1.29 is 66.0 Å². The minimum Gasteiger partial charge on any atom is -0.754 e. The van der Waals surface area contributed by atoms with Gasteiger partial charge in [-0.05, 0) is 4.53 Å². The number of hydrogen-bond acceptors (Lipinski definition) is 4. The molecule has 0 spiro atoms. The van der Waals surface area contributed by atoms with Crippen LogP contribution in [0.15, 0.2) is 0 Å². The van der Waals surface area contributed by atoms with Crippen molar-refractivity contribution in [3.8, 4) is 0 Å². The summed E-state index contributed by atoms with van der Waals surface area (Å²) in [6.45, 7) is -2.10. The average molecular weight is 220 g/mol. The van der Waals surface area contributed by atoms with Crippen molar-refractivity contribution in [1.82, 2.24) is 0 Å². The van der Waals surface area contributed by atoms with E-state index in [1.165, 1.54) is 0 Å². The summed E-state index contributed by atoms with van der Waals surface area (Å²) in [6, 6.07) is 0. The third kappa shape index (κ3) is 8.92. The molecule has 0 heterocycles. The number of phosphoric ester groups is 1. The Morgan fingerprint density at radius 1 is 1.42 bits per heavy atom. The minimum atomic E-state index is -5.41. The van der Waals surface area contributed by atoms with Crippen molar-refractivity contribution in [3.63, 3.8) is 0 Å². The van der Waals surface area contributed by atoms with Gasteiger partial charge in [-0.2, -0.15) is 13.2 Å². The standard InChI is InChI=1S/C2H3F4O4P.Na/c3-2(4,5)1-9-11(7,8)10-6;/h1H2,(H,7,8);/q;+1/p-1. The van der Waals surface area contributed by atoms with E-state index < -0.39 is 20.6 Å². The summed E-state index contributed by atoms with van der Waals surface area (Å²) in [7, 11) is -5.41. The average Bonchev–Trinajstić information content (AvgIpc) is 1.83. The quantitative estimate of drug-likeness (QED) is 0.311. The van der Waals surface area contributed by atoms with Crippen LogP contribution in [-0.2, 0) is 13.8 Å². The Kier molecular flexibility index (Phi) is 7.06. The fraction of sp³-hybridized carbons (Fsp3) is 1.00. The Bertz CT molecular complexity index is 171. The molecular weight excluding hydrogens is 218 g/mol. The Balaban J connectivity index is 0. The molecule has 0 aliphatic rings. The number of hydrogen-bond donors (Lipinski definition) is 0. The Hall–Kier alpha value is 0.830. The van der Waals surface area contributed by atoms with E-state index in [1.807, 2.05) is 0 Å². The maximum absolute atomic E-state index is 11.2. The van der Waals surface area contributed by atoms with E-state index >= 15 is 0 Å². The minimum absolute atomic E-state index is 0. The Morgan fingerprint density at radius 3 is 2.08 bits per heavy atom. The second-order valence-electron chi connectivity index (χ2n) is 1.40. The van der Waals surface area contributed by atoms with E-state index in [0.29, 0.717) is 0 Å². The maximum Gasteiger partial charge on any atom is 1.00 e. The van der Waals surface area contributed by atoms with Gasteiger partial charge in [0.1, 0.15) is 0 Å². The fourth-order valence-electron chi connectivity index (χ4n) is 0.172. The molecule has 10 heteroatoms. The smallest absolute Gasteiger partial charge is 0.754 e. The topological polar surface area (TPSA) is 58.6 Å². The normalized spacial score (nSPS) is 16.4. The van der Waals surface area contributed by atoms with Gasteiger partial charge in [-0.3, -0.25) is 4.57 Å². The summed E-state index contributed by atoms with van der Waals surface area (Å²) in [5, 5.41) is 0. The molecule has 0 aliphatic heterocycles. The van der Waals surface area contributed by atoms with Crippen LogP contribution >= 0.6 is 7.82 Å². The van der Waals surface area contributed by atoms with Gasteiger partial charge in [0.15, 0.2) is 6.61 Å². The van der Waals surface area contributed by atoms with Crippen LogP contribution in [0.2, 0.25) is 0 Å². The van der Waals surface area contributed by atoms with Crippen LogP contribution in [0.5, 0.6) is 0 Å². The molecule has 0 radical (unpaired) electrons. The third-order valence-electron chi connectivity index (χ3n) is 0.471. The van der Waals surface area contributed by atoms with Gasteiger partial charge in [-0.15, -0.1) is 4.73 Å². The SMILES string of the molecule is O=P([O-])(OF)OCC(F)(F)F.[Na+]. The molecule has 0 aromatic heterocycles. The molecule has 12 heavy (non-hydrogen) atoms. The van der Waals surface area contributed by atoms with E-state index in [2.05, 4.69) is 9.25 Å². The number of alkyl halides is 3. The van der Waals surface area contributed by atoms with Crippen LogP contribution in [0.1, 0.15) is 0 Å². The van der Waals surface area contributed by atoms with Crippen molar-refractivity contribution in [2.24, 2.45) is 0 Å². The number of halogens is 4. The molecule has 1 unspecified atom stereocenters. The third-order valence-corrected chi connectivity index (χ3v) is 1.09. The van der Waals surface area contributed by atoms with E-state index in [9.17, 15) is 27.2 Å². The van der Waals surface area contributed by atoms with Gasteiger partial charge in [0, 0.05) is 0 Å². The first-order valence-corrected chi connectivity index (χ1v) is 3.55. The van der Waals surface area contributed by atoms with Crippen molar-refractivity contribution in [2.45, 2.75) is 6.18 Å². The summed E-state index contributed by atoms with van der Waals surface area (Å²) >= 11 is 0. The van der Waals surface area contributed by atoms with Gasteiger partial charge in [0.2, 0.25) is 0 Å². The first-order valence-electron chi connectivity index (χ1n) is 2.09. The zero-order chi connectivity index (χ0) is 9.12. The monoisotopic (exact) mass is 220 g/mol. The summed E-state index contributed by atoms with van der Waals surface area (Å²) < 4.78 is 59.1. The van der Waals surface area contributed by atoms with E-state index in [4.69, 9.17) is 0 Å². The van der Waals surface area contributed by atoms with Gasteiger partial charge in [-0.25, -0.2) is 0 Å². The van der Waals surface area contributed by atoms with Crippen LogP contribution in [-0.4, -0.2) is 12.8 Å². The van der Waals surface area contributed by atoms with Crippen LogP contribution in [0.25, 0.3) is 0 Å². The van der Waals surface area contributed by atoms with Gasteiger partial charge >= 0.3 is 43.6 Å². The summed E-state index contributed by atoms with van der Waals surface area (Å²) in [5.41, 5.74) is 0. The fourth-order valence-corrected chi connectivity index (χ4v) is 0.517. The second-order valence-corrected chi connectivity index (χ2v) is 2.70. The van der Waals surface area contributed by atoms with Crippen LogP contribution < -0.4 is 34.5 Å². The van der Waals surface area contributed by atoms with Crippen molar-refractivity contribution in [2.75, 3.05) is 6.61 Å². The molecule has 0 N–H and O–H groups in total. The Morgan fingerprint density at radius 2 is 1.83 bits per heavy atom. The molecule has 0 rings (SSSR count). The first-order chi connectivity index (χ1) is 4.77. The van der Waals surface area contributed by atoms with Crippen LogP contribution in [0, 0.1) is 0 Å². The van der Waals surface area contributed by atoms with Gasteiger partial charge in [-0.1, -0.05) is 0 Å². The van der Waals surface area contributed by atoms with Crippen molar-refractivity contribution in [3.05, 3.63) is 0 Å². The molecule has 0 aromatic rings. The molecule has 0 aromatic carbocycles. The molecule has 0 saturated heterocycles. The molecule has 4 nitrogen and oxygen atoms in total. The Labute approximate surface area is 86.7 Å². The molecule has 0 amide bonds. The van der Waals surface area contributed by atoms with E-state index in [1.54, 1.807) is 0 Å². The van der Waals surface area contributed by atoms with Gasteiger partial charge in [0.25, 0.3) is 0 Å². The molecule has 1 atom stereocenters. The van der Waals surface area contributed by atoms with E-state index in [-0.39, 0.29) is 29.6 Å². The van der Waals surface area contributed by atoms with Crippen LogP contribution in [0.3, 0.4) is 0 Å². The summed E-state index contributed by atoms with van der Waals surface area (Å²) in [6.07, 6.45) is -4.83.